The molecule has 0 saturated heterocycles. The number of hydrogen-bond donors (Lipinski definition) is 1. The molecule has 0 atom stereocenters. The summed E-state index contributed by atoms with van der Waals surface area (Å²) in [6, 6.07) is 8.01. The number of hydrogen-bond acceptors (Lipinski definition) is 6. The van der Waals surface area contributed by atoms with E-state index in [0.29, 0.717) is 5.69 Å². The molecule has 0 bridgehead atoms. The molecule has 0 aliphatic carbocycles. The monoisotopic (exact) mass is 379 g/mol. The minimum Gasteiger partial charge on any atom is -0.395 e. The van der Waals surface area contributed by atoms with E-state index >= 15 is 0 Å². The first-order valence-corrected chi connectivity index (χ1v) is 9.81. The van der Waals surface area contributed by atoms with Gasteiger partial charge in [-0.05, 0) is 32.9 Å². The van der Waals surface area contributed by atoms with Crippen LogP contribution in [0.1, 0.15) is 44.7 Å². The highest BCUT2D eigenvalue weighted by molar-refractivity contribution is 7.93. The van der Waals surface area contributed by atoms with Gasteiger partial charge in [0.1, 0.15) is 10.5 Å². The molecule has 0 radical (unpaired) electrons. The van der Waals surface area contributed by atoms with Crippen LogP contribution in [0.15, 0.2) is 39.8 Å². The summed E-state index contributed by atoms with van der Waals surface area (Å²) in [6.45, 7) is 8.13. The Morgan fingerprint density at radius 3 is 2.27 bits per heavy atom. The Labute approximate surface area is 154 Å². The van der Waals surface area contributed by atoms with Crippen molar-refractivity contribution >= 4 is 15.6 Å². The maximum atomic E-state index is 12.9. The highest BCUT2D eigenvalue weighted by Crippen LogP contribution is 2.29. The summed E-state index contributed by atoms with van der Waals surface area (Å²) in [4.78, 5) is 12.8. The lowest BCUT2D eigenvalue weighted by Crippen LogP contribution is -2.41. The molecule has 0 aliphatic rings. The number of carbonyl (C=O) groups is 1. The molecule has 0 spiro atoms. The van der Waals surface area contributed by atoms with Gasteiger partial charge in [-0.3, -0.25) is 4.79 Å². The van der Waals surface area contributed by atoms with E-state index in [1.807, 2.05) is 6.92 Å². The van der Waals surface area contributed by atoms with Crippen molar-refractivity contribution in [1.29, 1.82) is 0 Å². The van der Waals surface area contributed by atoms with Crippen molar-refractivity contribution in [3.63, 3.8) is 0 Å². The zero-order valence-electron chi connectivity index (χ0n) is 15.7. The number of rotatable bonds is 7. The Hall–Kier alpha value is -1.99. The number of ketones is 1. The van der Waals surface area contributed by atoms with Gasteiger partial charge in [0.15, 0.2) is 15.6 Å². The zero-order chi connectivity index (χ0) is 19.8. The number of aliphatic hydroxyl groups excluding tert-OH is 1. The molecule has 26 heavy (non-hydrogen) atoms. The number of Topliss-reactive ketones (excluding diaryl/α,β-unsaturated/α-hetero) is 1. The van der Waals surface area contributed by atoms with Gasteiger partial charge in [0.05, 0.1) is 23.6 Å². The van der Waals surface area contributed by atoms with Crippen molar-refractivity contribution in [3.8, 4) is 0 Å². The van der Waals surface area contributed by atoms with Gasteiger partial charge in [-0.15, -0.1) is 0 Å². The Balaban J connectivity index is 2.26. The van der Waals surface area contributed by atoms with Gasteiger partial charge < -0.3 is 9.63 Å². The van der Waals surface area contributed by atoms with E-state index in [0.717, 1.165) is 5.56 Å². The van der Waals surface area contributed by atoms with Crippen LogP contribution in [-0.2, 0) is 26.5 Å². The molecule has 0 amide bonds. The summed E-state index contributed by atoms with van der Waals surface area (Å²) in [6.07, 6.45) is -0.188. The molecule has 1 aromatic carbocycles. The molecular weight excluding hydrogens is 354 g/mol. The van der Waals surface area contributed by atoms with Crippen LogP contribution in [-0.4, -0.2) is 35.8 Å². The smallest absolute Gasteiger partial charge is 0.190 e. The normalized spacial score (nSPS) is 13.0. The third kappa shape index (κ3) is 3.73. The van der Waals surface area contributed by atoms with E-state index in [2.05, 4.69) is 5.16 Å². The Bertz CT molecular complexity index is 892. The van der Waals surface area contributed by atoms with Gasteiger partial charge in [-0.2, -0.15) is 0 Å². The van der Waals surface area contributed by atoms with E-state index < -0.39 is 25.8 Å². The predicted molar refractivity (Wildman–Crippen MR) is 97.8 cm³/mol. The number of carbonyl (C=O) groups excluding carboxylic acids is 1. The Morgan fingerprint density at radius 1 is 1.15 bits per heavy atom. The average Bonchev–Trinajstić information content (AvgIpc) is 3.04. The molecule has 2 rings (SSSR count). The van der Waals surface area contributed by atoms with Gasteiger partial charge in [-0.25, -0.2) is 8.42 Å². The molecular formula is C19H25NO5S. The van der Waals surface area contributed by atoms with E-state index in [9.17, 15) is 18.3 Å². The number of sulfone groups is 1. The van der Waals surface area contributed by atoms with Crippen LogP contribution in [0.2, 0.25) is 0 Å². The Kier molecular flexibility index (Phi) is 5.44. The van der Waals surface area contributed by atoms with Crippen molar-refractivity contribution in [3.05, 3.63) is 47.3 Å². The molecule has 7 heteroatoms. The minimum atomic E-state index is -3.85. The van der Waals surface area contributed by atoms with Gasteiger partial charge in [-0.1, -0.05) is 36.7 Å². The fraction of sp³-hybridized carbons (Fsp3) is 0.474. The van der Waals surface area contributed by atoms with E-state index in [4.69, 9.17) is 4.52 Å². The second kappa shape index (κ2) is 6.96. The van der Waals surface area contributed by atoms with Crippen LogP contribution < -0.4 is 0 Å². The van der Waals surface area contributed by atoms with Gasteiger partial charge >= 0.3 is 0 Å². The van der Waals surface area contributed by atoms with E-state index in [1.165, 1.54) is 26.0 Å². The largest absolute Gasteiger partial charge is 0.395 e. The first-order chi connectivity index (χ1) is 11.9. The molecule has 6 nitrogen and oxygen atoms in total. The molecule has 2 aromatic rings. The van der Waals surface area contributed by atoms with Crippen LogP contribution >= 0.6 is 0 Å². The molecule has 0 aliphatic heterocycles. The lowest BCUT2D eigenvalue weighted by Gasteiger charge is -2.23. The van der Waals surface area contributed by atoms with E-state index in [1.54, 1.807) is 32.0 Å². The zero-order valence-corrected chi connectivity index (χ0v) is 16.6. The summed E-state index contributed by atoms with van der Waals surface area (Å²) in [5.41, 5.74) is 0.852. The van der Waals surface area contributed by atoms with Crippen molar-refractivity contribution in [2.24, 2.45) is 0 Å². The topological polar surface area (TPSA) is 97.5 Å². The van der Waals surface area contributed by atoms with Crippen molar-refractivity contribution < 1.29 is 22.8 Å². The van der Waals surface area contributed by atoms with Crippen LogP contribution in [0.25, 0.3) is 0 Å². The SMILES string of the molecule is Cc1ccc(S(=O)(=O)C(C)(C)C(=O)Cc2cc(C(C)(C)CO)no2)cc1. The first-order valence-electron chi connectivity index (χ1n) is 8.33. The summed E-state index contributed by atoms with van der Waals surface area (Å²) in [5.74, 6) is -0.207. The second-order valence-corrected chi connectivity index (χ2v) is 10.1. The highest BCUT2D eigenvalue weighted by Gasteiger charge is 2.42. The van der Waals surface area contributed by atoms with Gasteiger partial charge in [0.2, 0.25) is 0 Å². The minimum absolute atomic E-state index is 0.112. The number of aliphatic hydroxyl groups is 1. The van der Waals surface area contributed by atoms with E-state index in [-0.39, 0.29) is 23.7 Å². The van der Waals surface area contributed by atoms with Gasteiger partial charge in [0.25, 0.3) is 0 Å². The maximum absolute atomic E-state index is 12.9. The van der Waals surface area contributed by atoms with Crippen LogP contribution in [0, 0.1) is 6.92 Å². The molecule has 142 valence electrons. The third-order valence-corrected chi connectivity index (χ3v) is 7.12. The van der Waals surface area contributed by atoms with Crippen molar-refractivity contribution in [2.75, 3.05) is 6.61 Å². The lowest BCUT2D eigenvalue weighted by molar-refractivity contribution is -0.120. The number of aryl methyl sites for hydroxylation is 1. The quantitative estimate of drug-likeness (QED) is 0.794. The number of aromatic nitrogens is 1. The van der Waals surface area contributed by atoms with Gasteiger partial charge in [0, 0.05) is 11.5 Å². The molecule has 1 aromatic heterocycles. The fourth-order valence-electron chi connectivity index (χ4n) is 2.33. The number of nitrogens with zero attached hydrogens (tertiary/aromatic N) is 1. The molecule has 0 unspecified atom stereocenters. The summed E-state index contributed by atoms with van der Waals surface area (Å²) in [7, 11) is -3.85. The average molecular weight is 379 g/mol. The summed E-state index contributed by atoms with van der Waals surface area (Å²) in [5, 5.41) is 13.3. The summed E-state index contributed by atoms with van der Waals surface area (Å²) >= 11 is 0. The molecule has 1 N–H and O–H groups in total. The molecule has 0 fully saturated rings. The third-order valence-electron chi connectivity index (χ3n) is 4.66. The number of benzene rings is 1. The first kappa shape index (κ1) is 20.3. The van der Waals surface area contributed by atoms with Crippen molar-refractivity contribution in [1.82, 2.24) is 5.16 Å². The van der Waals surface area contributed by atoms with Crippen molar-refractivity contribution in [2.45, 2.75) is 56.1 Å². The molecule has 0 saturated carbocycles. The predicted octanol–water partition coefficient (Wildman–Crippen LogP) is 2.62. The standard InChI is InChI=1S/C19H25NO5S/c1-13-6-8-15(9-7-13)26(23,24)19(4,5)17(22)11-14-10-16(20-25-14)18(2,3)12-21/h6-10,21H,11-12H2,1-5H3. The maximum Gasteiger partial charge on any atom is 0.190 e. The Morgan fingerprint density at radius 2 is 1.73 bits per heavy atom. The molecule has 1 heterocycles. The summed E-state index contributed by atoms with van der Waals surface area (Å²) < 4.78 is 29.4. The van der Waals surface area contributed by atoms with Crippen LogP contribution in [0.4, 0.5) is 0 Å². The fourth-order valence-corrected chi connectivity index (χ4v) is 3.78. The highest BCUT2D eigenvalue weighted by atomic mass is 32.2. The van der Waals surface area contributed by atoms with Crippen LogP contribution in [0.5, 0.6) is 0 Å². The lowest BCUT2D eigenvalue weighted by atomic mass is 9.90. The second-order valence-electron chi connectivity index (χ2n) is 7.65. The van der Waals surface area contributed by atoms with Crippen LogP contribution in [0.3, 0.4) is 0 Å².